The summed E-state index contributed by atoms with van der Waals surface area (Å²) in [5, 5.41) is 0.662. The molecule has 0 aromatic heterocycles. The van der Waals surface area contributed by atoms with Gasteiger partial charge in [0.05, 0.1) is 5.02 Å². The summed E-state index contributed by atoms with van der Waals surface area (Å²) in [5.74, 6) is -1.04. The number of carbonyl (C=O) groups is 2. The van der Waals surface area contributed by atoms with Crippen LogP contribution in [-0.2, 0) is 4.79 Å². The van der Waals surface area contributed by atoms with Crippen molar-refractivity contribution in [3.05, 3.63) is 33.8 Å². The smallest absolute Gasteiger partial charge is 0.295 e. The summed E-state index contributed by atoms with van der Waals surface area (Å²) in [5.41, 5.74) is 0.216. The number of hydrogen-bond donors (Lipinski definition) is 0. The maximum absolute atomic E-state index is 11.9. The molecule has 1 aliphatic heterocycles. The molecule has 5 heteroatoms. The Morgan fingerprint density at radius 2 is 1.76 bits per heavy atom. The number of rotatable bonds is 2. The molecule has 1 aromatic rings. The van der Waals surface area contributed by atoms with Crippen molar-refractivity contribution in [1.82, 2.24) is 4.90 Å². The zero-order valence-corrected chi connectivity index (χ0v) is 10.6. The zero-order chi connectivity index (χ0) is 12.4. The molecule has 1 amide bonds. The summed E-state index contributed by atoms with van der Waals surface area (Å²) >= 11 is 11.6. The molecule has 1 heterocycles. The van der Waals surface area contributed by atoms with Crippen LogP contribution in [-0.4, -0.2) is 29.7 Å². The van der Waals surface area contributed by atoms with Gasteiger partial charge in [0.2, 0.25) is 0 Å². The van der Waals surface area contributed by atoms with Crippen molar-refractivity contribution >= 4 is 34.9 Å². The van der Waals surface area contributed by atoms with Crippen LogP contribution in [0.25, 0.3) is 0 Å². The van der Waals surface area contributed by atoms with Crippen LogP contribution in [0, 0.1) is 0 Å². The molecule has 0 aliphatic carbocycles. The Morgan fingerprint density at radius 1 is 1.12 bits per heavy atom. The van der Waals surface area contributed by atoms with Gasteiger partial charge in [-0.1, -0.05) is 23.2 Å². The number of carbonyl (C=O) groups excluding carboxylic acids is 2. The molecule has 0 radical (unpaired) electrons. The van der Waals surface area contributed by atoms with E-state index in [0.29, 0.717) is 18.1 Å². The Kier molecular flexibility index (Phi) is 3.69. The standard InChI is InChI=1S/C12H11Cl2NO2/c13-8-3-4-9(10(14)7-8)11(16)12(17)15-5-1-2-6-15/h3-4,7H,1-2,5-6H2. The molecule has 1 saturated heterocycles. The van der Waals surface area contributed by atoms with Gasteiger partial charge in [-0.25, -0.2) is 0 Å². The lowest BCUT2D eigenvalue weighted by molar-refractivity contribution is -0.125. The second-order valence-electron chi connectivity index (χ2n) is 3.95. The maximum Gasteiger partial charge on any atom is 0.295 e. The van der Waals surface area contributed by atoms with E-state index in [4.69, 9.17) is 23.2 Å². The molecule has 0 unspecified atom stereocenters. The Hall–Kier alpha value is -1.06. The summed E-state index contributed by atoms with van der Waals surface area (Å²) in [4.78, 5) is 25.4. The van der Waals surface area contributed by atoms with E-state index in [1.54, 1.807) is 11.0 Å². The molecule has 0 N–H and O–H groups in total. The summed E-state index contributed by atoms with van der Waals surface area (Å²) in [7, 11) is 0. The van der Waals surface area contributed by atoms with Crippen LogP contribution in [0.1, 0.15) is 23.2 Å². The topological polar surface area (TPSA) is 37.4 Å². The van der Waals surface area contributed by atoms with Crippen LogP contribution in [0.3, 0.4) is 0 Å². The third kappa shape index (κ3) is 2.61. The molecule has 0 bridgehead atoms. The average molecular weight is 272 g/mol. The lowest BCUT2D eigenvalue weighted by Gasteiger charge is -2.14. The van der Waals surface area contributed by atoms with Gasteiger partial charge in [-0.05, 0) is 31.0 Å². The number of hydrogen-bond acceptors (Lipinski definition) is 2. The average Bonchev–Trinajstić information content (AvgIpc) is 2.80. The fourth-order valence-corrected chi connectivity index (χ4v) is 2.35. The first-order valence-electron chi connectivity index (χ1n) is 5.38. The highest BCUT2D eigenvalue weighted by Gasteiger charge is 2.26. The summed E-state index contributed by atoms with van der Waals surface area (Å²) < 4.78 is 0. The van der Waals surface area contributed by atoms with Crippen molar-refractivity contribution in [2.75, 3.05) is 13.1 Å². The van der Waals surface area contributed by atoms with E-state index < -0.39 is 11.7 Å². The first kappa shape index (κ1) is 12.4. The van der Waals surface area contributed by atoms with Gasteiger partial charge < -0.3 is 4.90 Å². The second kappa shape index (κ2) is 5.07. The third-order valence-electron chi connectivity index (χ3n) is 2.76. The van der Waals surface area contributed by atoms with E-state index in [0.717, 1.165) is 12.8 Å². The molecule has 0 spiro atoms. The molecule has 1 aliphatic rings. The number of nitrogens with zero attached hydrogens (tertiary/aromatic N) is 1. The van der Waals surface area contributed by atoms with Crippen LogP contribution in [0.2, 0.25) is 10.0 Å². The van der Waals surface area contributed by atoms with Gasteiger partial charge in [-0.15, -0.1) is 0 Å². The molecule has 0 atom stereocenters. The van der Waals surface area contributed by atoms with Crippen LogP contribution < -0.4 is 0 Å². The van der Waals surface area contributed by atoms with Gasteiger partial charge in [-0.2, -0.15) is 0 Å². The molecule has 2 rings (SSSR count). The maximum atomic E-state index is 11.9. The van der Waals surface area contributed by atoms with E-state index in [-0.39, 0.29) is 10.6 Å². The SMILES string of the molecule is O=C(C(=O)N1CCCC1)c1ccc(Cl)cc1Cl. The van der Waals surface area contributed by atoms with Crippen molar-refractivity contribution < 1.29 is 9.59 Å². The Bertz CT molecular complexity index is 468. The van der Waals surface area contributed by atoms with Crippen molar-refractivity contribution in [3.63, 3.8) is 0 Å². The number of benzene rings is 1. The van der Waals surface area contributed by atoms with Crippen molar-refractivity contribution in [3.8, 4) is 0 Å². The largest absolute Gasteiger partial charge is 0.336 e. The van der Waals surface area contributed by atoms with E-state index in [2.05, 4.69) is 0 Å². The Balaban J connectivity index is 2.21. The normalized spacial score (nSPS) is 15.1. The summed E-state index contributed by atoms with van der Waals surface area (Å²) in [6, 6.07) is 4.51. The monoisotopic (exact) mass is 271 g/mol. The lowest BCUT2D eigenvalue weighted by Crippen LogP contribution is -2.34. The predicted octanol–water partition coefficient (Wildman–Crippen LogP) is 2.80. The van der Waals surface area contributed by atoms with Crippen molar-refractivity contribution in [2.45, 2.75) is 12.8 Å². The quantitative estimate of drug-likeness (QED) is 0.613. The molecule has 1 fully saturated rings. The number of ketones is 1. The second-order valence-corrected chi connectivity index (χ2v) is 4.80. The van der Waals surface area contributed by atoms with Gasteiger partial charge >= 0.3 is 0 Å². The first-order valence-corrected chi connectivity index (χ1v) is 6.14. The fraction of sp³-hybridized carbons (Fsp3) is 0.333. The molecule has 3 nitrogen and oxygen atoms in total. The van der Waals surface area contributed by atoms with Gasteiger partial charge in [0.1, 0.15) is 0 Å². The van der Waals surface area contributed by atoms with E-state index in [1.165, 1.54) is 12.1 Å². The highest BCUT2D eigenvalue weighted by Crippen LogP contribution is 2.22. The van der Waals surface area contributed by atoms with Gasteiger partial charge in [0.25, 0.3) is 11.7 Å². The predicted molar refractivity (Wildman–Crippen MR) is 66.6 cm³/mol. The van der Waals surface area contributed by atoms with E-state index >= 15 is 0 Å². The lowest BCUT2D eigenvalue weighted by atomic mass is 10.1. The minimum absolute atomic E-state index is 0.216. The molecule has 0 saturated carbocycles. The van der Waals surface area contributed by atoms with Crippen molar-refractivity contribution in [2.24, 2.45) is 0 Å². The molecular formula is C12H11Cl2NO2. The molecular weight excluding hydrogens is 261 g/mol. The van der Waals surface area contributed by atoms with Crippen LogP contribution in [0.5, 0.6) is 0 Å². The minimum Gasteiger partial charge on any atom is -0.336 e. The Labute approximate surface area is 109 Å². The van der Waals surface area contributed by atoms with Crippen molar-refractivity contribution in [1.29, 1.82) is 0 Å². The fourth-order valence-electron chi connectivity index (χ4n) is 1.85. The van der Waals surface area contributed by atoms with Crippen LogP contribution in [0.4, 0.5) is 0 Å². The summed E-state index contributed by atoms with van der Waals surface area (Å²) in [6.07, 6.45) is 1.90. The number of likely N-dealkylation sites (tertiary alicyclic amines) is 1. The number of halogens is 2. The number of Topliss-reactive ketones (excluding diaryl/α,β-unsaturated/α-hetero) is 1. The first-order chi connectivity index (χ1) is 8.09. The highest BCUT2D eigenvalue weighted by atomic mass is 35.5. The highest BCUT2D eigenvalue weighted by molar-refractivity contribution is 6.47. The number of amides is 1. The van der Waals surface area contributed by atoms with E-state index in [9.17, 15) is 9.59 Å². The minimum atomic E-state index is -0.562. The molecule has 1 aromatic carbocycles. The zero-order valence-electron chi connectivity index (χ0n) is 9.08. The van der Waals surface area contributed by atoms with Crippen LogP contribution >= 0.6 is 23.2 Å². The molecule has 17 heavy (non-hydrogen) atoms. The van der Waals surface area contributed by atoms with Gasteiger partial charge in [-0.3, -0.25) is 9.59 Å². The summed E-state index contributed by atoms with van der Waals surface area (Å²) in [6.45, 7) is 1.30. The van der Waals surface area contributed by atoms with E-state index in [1.807, 2.05) is 0 Å². The van der Waals surface area contributed by atoms with Crippen LogP contribution in [0.15, 0.2) is 18.2 Å². The third-order valence-corrected chi connectivity index (χ3v) is 3.31. The van der Waals surface area contributed by atoms with Gasteiger partial charge in [0, 0.05) is 23.7 Å². The van der Waals surface area contributed by atoms with Gasteiger partial charge in [0.15, 0.2) is 0 Å². The Morgan fingerprint density at radius 3 is 2.35 bits per heavy atom. The molecule has 90 valence electrons.